The van der Waals surface area contributed by atoms with E-state index in [-0.39, 0.29) is 0 Å². The number of hydrogen-bond donors (Lipinski definition) is 0. The Hall–Kier alpha value is -3.58. The van der Waals surface area contributed by atoms with E-state index in [0.717, 1.165) is 29.9 Å². The Balaban J connectivity index is 2.00. The number of rotatable bonds is 5. The molecule has 7 heteroatoms. The number of nitriles is 2. The van der Waals surface area contributed by atoms with Gasteiger partial charge in [-0.1, -0.05) is 13.3 Å². The molecule has 0 aliphatic heterocycles. The van der Waals surface area contributed by atoms with Gasteiger partial charge in [-0.05, 0) is 24.6 Å². The molecule has 0 spiro atoms. The van der Waals surface area contributed by atoms with Crippen molar-refractivity contribution >= 4 is 0 Å². The predicted molar refractivity (Wildman–Crippen MR) is 89.6 cm³/mol. The van der Waals surface area contributed by atoms with Crippen LogP contribution >= 0.6 is 0 Å². The zero-order valence-corrected chi connectivity index (χ0v) is 13.7. The van der Waals surface area contributed by atoms with Crippen LogP contribution in [0, 0.1) is 22.7 Å². The fourth-order valence-electron chi connectivity index (χ4n) is 2.57. The van der Waals surface area contributed by atoms with Gasteiger partial charge in [-0.15, -0.1) is 0 Å². The molecule has 0 N–H and O–H groups in total. The first-order valence-corrected chi connectivity index (χ1v) is 7.90. The normalized spacial score (nSPS) is 10.2. The molecule has 7 nitrogen and oxygen atoms in total. The van der Waals surface area contributed by atoms with Gasteiger partial charge in [0.15, 0.2) is 11.5 Å². The second kappa shape index (κ2) is 7.33. The van der Waals surface area contributed by atoms with Crippen molar-refractivity contribution in [1.29, 1.82) is 10.5 Å². The third kappa shape index (κ3) is 3.36. The van der Waals surface area contributed by atoms with Crippen LogP contribution in [0.3, 0.4) is 0 Å². The van der Waals surface area contributed by atoms with Crippen molar-refractivity contribution in [3.63, 3.8) is 0 Å². The van der Waals surface area contributed by atoms with E-state index < -0.39 is 0 Å². The molecule has 0 unspecified atom stereocenters. The molecule has 122 valence electrons. The number of pyridine rings is 1. The van der Waals surface area contributed by atoms with Gasteiger partial charge in [0.05, 0.1) is 28.8 Å². The summed E-state index contributed by atoms with van der Waals surface area (Å²) in [6, 6.07) is 9.45. The van der Waals surface area contributed by atoms with Crippen LogP contribution in [0.5, 0.6) is 0 Å². The summed E-state index contributed by atoms with van der Waals surface area (Å²) < 4.78 is 1.65. The lowest BCUT2D eigenvalue weighted by atomic mass is 10.1. The van der Waals surface area contributed by atoms with Crippen LogP contribution in [0.1, 0.15) is 41.7 Å². The van der Waals surface area contributed by atoms with Crippen molar-refractivity contribution in [3.05, 3.63) is 65.1 Å². The van der Waals surface area contributed by atoms with E-state index in [1.54, 1.807) is 29.2 Å². The van der Waals surface area contributed by atoms with E-state index in [4.69, 9.17) is 5.26 Å². The second-order valence-electron chi connectivity index (χ2n) is 5.41. The summed E-state index contributed by atoms with van der Waals surface area (Å²) in [6.45, 7) is 2.06. The maximum Gasteiger partial charge on any atom is 0.171 e. The highest BCUT2D eigenvalue weighted by Gasteiger charge is 2.14. The average molecular weight is 329 g/mol. The minimum atomic E-state index is 0.317. The molecule has 0 amide bonds. The number of nitrogens with zero attached hydrogens (tertiary/aromatic N) is 7. The van der Waals surface area contributed by atoms with E-state index in [9.17, 15) is 5.26 Å². The summed E-state index contributed by atoms with van der Waals surface area (Å²) in [4.78, 5) is 13.1. The largest absolute Gasteiger partial charge is 0.256 e. The lowest BCUT2D eigenvalue weighted by Crippen LogP contribution is -2.10. The van der Waals surface area contributed by atoms with Crippen molar-refractivity contribution in [2.24, 2.45) is 0 Å². The predicted octanol–water partition coefficient (Wildman–Crippen LogP) is 2.34. The molecule has 0 fully saturated rings. The van der Waals surface area contributed by atoms with Crippen LogP contribution in [-0.2, 0) is 12.8 Å². The first-order chi connectivity index (χ1) is 12.3. The molecule has 3 rings (SSSR count). The van der Waals surface area contributed by atoms with Gasteiger partial charge in [0, 0.05) is 18.8 Å². The summed E-state index contributed by atoms with van der Waals surface area (Å²) in [7, 11) is 0. The minimum absolute atomic E-state index is 0.317. The summed E-state index contributed by atoms with van der Waals surface area (Å²) in [6.07, 6.45) is 6.94. The maximum absolute atomic E-state index is 9.29. The lowest BCUT2D eigenvalue weighted by Gasteiger charge is -2.10. The van der Waals surface area contributed by atoms with Crippen molar-refractivity contribution in [2.75, 3.05) is 0 Å². The summed E-state index contributed by atoms with van der Waals surface area (Å²) in [5, 5.41) is 22.6. The first-order valence-electron chi connectivity index (χ1n) is 7.90. The quantitative estimate of drug-likeness (QED) is 0.711. The topological polar surface area (TPSA) is 104 Å². The Labute approximate surface area is 145 Å². The number of aromatic nitrogens is 5. The fraction of sp³-hybridized carbons (Fsp3) is 0.222. The SMILES string of the molecule is CCCc1nc(C#N)cnc1Cc1ccnn1-c1ncccc1C#N. The molecular weight excluding hydrogens is 314 g/mol. The zero-order valence-electron chi connectivity index (χ0n) is 13.7. The van der Waals surface area contributed by atoms with Crippen LogP contribution in [-0.4, -0.2) is 24.7 Å². The molecule has 0 saturated carbocycles. The maximum atomic E-state index is 9.29. The highest BCUT2D eigenvalue weighted by Crippen LogP contribution is 2.17. The fourth-order valence-corrected chi connectivity index (χ4v) is 2.57. The molecule has 0 aliphatic rings. The second-order valence-corrected chi connectivity index (χ2v) is 5.41. The Morgan fingerprint density at radius 3 is 2.72 bits per heavy atom. The van der Waals surface area contributed by atoms with Crippen molar-refractivity contribution in [2.45, 2.75) is 26.2 Å². The Kier molecular flexibility index (Phi) is 4.77. The van der Waals surface area contributed by atoms with Crippen molar-refractivity contribution in [3.8, 4) is 18.0 Å². The first kappa shape index (κ1) is 16.3. The molecule has 25 heavy (non-hydrogen) atoms. The summed E-state index contributed by atoms with van der Waals surface area (Å²) in [5.74, 6) is 0.489. The lowest BCUT2D eigenvalue weighted by molar-refractivity contribution is 0.772. The van der Waals surface area contributed by atoms with Crippen molar-refractivity contribution < 1.29 is 0 Å². The Bertz CT molecular complexity index is 976. The Morgan fingerprint density at radius 1 is 1.08 bits per heavy atom. The molecule has 0 saturated heterocycles. The molecule has 0 bridgehead atoms. The van der Waals surface area contributed by atoms with E-state index in [2.05, 4.69) is 33.0 Å². The average Bonchev–Trinajstić information content (AvgIpc) is 3.11. The van der Waals surface area contributed by atoms with Crippen LogP contribution in [0.15, 0.2) is 36.8 Å². The van der Waals surface area contributed by atoms with Crippen LogP contribution < -0.4 is 0 Å². The number of aryl methyl sites for hydroxylation is 1. The third-order valence-corrected chi connectivity index (χ3v) is 3.71. The molecule has 3 heterocycles. The van der Waals surface area contributed by atoms with Gasteiger partial charge >= 0.3 is 0 Å². The molecule has 0 aromatic carbocycles. The van der Waals surface area contributed by atoms with Gasteiger partial charge < -0.3 is 0 Å². The molecule has 0 atom stereocenters. The van der Waals surface area contributed by atoms with Gasteiger partial charge in [0.25, 0.3) is 0 Å². The van der Waals surface area contributed by atoms with Gasteiger partial charge in [-0.25, -0.2) is 14.6 Å². The van der Waals surface area contributed by atoms with E-state index in [1.807, 2.05) is 12.1 Å². The molecule has 0 aliphatic carbocycles. The number of hydrogen-bond acceptors (Lipinski definition) is 6. The summed E-state index contributed by atoms with van der Waals surface area (Å²) >= 11 is 0. The van der Waals surface area contributed by atoms with Crippen LogP contribution in [0.4, 0.5) is 0 Å². The molecule has 3 aromatic rings. The van der Waals surface area contributed by atoms with Gasteiger partial charge in [-0.2, -0.15) is 15.6 Å². The molecule has 0 radical (unpaired) electrons. The highest BCUT2D eigenvalue weighted by atomic mass is 15.3. The van der Waals surface area contributed by atoms with E-state index >= 15 is 0 Å². The van der Waals surface area contributed by atoms with E-state index in [1.165, 1.54) is 6.20 Å². The van der Waals surface area contributed by atoms with Crippen molar-refractivity contribution in [1.82, 2.24) is 24.7 Å². The standard InChI is InChI=1S/C18H15N7/c1-2-4-16-17(22-12-14(11-20)24-16)9-15-6-8-23-25(15)18-13(10-19)5-3-7-21-18/h3,5-8,12H,2,4,9H2,1H3. The monoisotopic (exact) mass is 329 g/mol. The van der Waals surface area contributed by atoms with Crippen LogP contribution in [0.25, 0.3) is 5.82 Å². The highest BCUT2D eigenvalue weighted by molar-refractivity contribution is 5.43. The third-order valence-electron chi connectivity index (χ3n) is 3.71. The Morgan fingerprint density at radius 2 is 1.96 bits per heavy atom. The zero-order chi connectivity index (χ0) is 17.6. The minimum Gasteiger partial charge on any atom is -0.256 e. The van der Waals surface area contributed by atoms with Crippen LogP contribution in [0.2, 0.25) is 0 Å². The smallest absolute Gasteiger partial charge is 0.171 e. The molecule has 3 aromatic heterocycles. The molecular formula is C18H15N7. The van der Waals surface area contributed by atoms with Gasteiger partial charge in [0.2, 0.25) is 0 Å². The van der Waals surface area contributed by atoms with Gasteiger partial charge in [0.1, 0.15) is 12.1 Å². The summed E-state index contributed by atoms with van der Waals surface area (Å²) in [5.41, 5.74) is 3.24. The van der Waals surface area contributed by atoms with E-state index in [0.29, 0.717) is 23.5 Å². The van der Waals surface area contributed by atoms with Gasteiger partial charge in [-0.3, -0.25) is 4.98 Å².